The summed E-state index contributed by atoms with van der Waals surface area (Å²) in [5.74, 6) is 1.93. The summed E-state index contributed by atoms with van der Waals surface area (Å²) < 4.78 is 0. The van der Waals surface area contributed by atoms with Gasteiger partial charge >= 0.3 is 0 Å². The van der Waals surface area contributed by atoms with E-state index in [1.807, 2.05) is 6.92 Å². The van der Waals surface area contributed by atoms with E-state index in [1.165, 1.54) is 18.4 Å². The Labute approximate surface area is 116 Å². The summed E-state index contributed by atoms with van der Waals surface area (Å²) >= 11 is 0. The molecule has 0 radical (unpaired) electrons. The minimum atomic E-state index is 0.891. The predicted molar refractivity (Wildman–Crippen MR) is 81.3 cm³/mol. The molecule has 0 saturated heterocycles. The van der Waals surface area contributed by atoms with Gasteiger partial charge in [0.2, 0.25) is 0 Å². The zero-order valence-electron chi connectivity index (χ0n) is 12.2. The number of aromatic nitrogens is 2. The number of nitrogens with zero attached hydrogens (tertiary/aromatic N) is 3. The summed E-state index contributed by atoms with van der Waals surface area (Å²) in [6.07, 6.45) is 11.0. The van der Waals surface area contributed by atoms with Crippen LogP contribution in [0.3, 0.4) is 0 Å². The highest BCUT2D eigenvalue weighted by Crippen LogP contribution is 2.23. The smallest absolute Gasteiger partial charge is 0.157 e. The molecular weight excluding hydrogens is 234 g/mol. The molecule has 19 heavy (non-hydrogen) atoms. The number of allylic oxidation sites excluding steroid dienone is 4. The van der Waals surface area contributed by atoms with Gasteiger partial charge in [-0.15, -0.1) is 0 Å². The van der Waals surface area contributed by atoms with Crippen molar-refractivity contribution in [2.24, 2.45) is 0 Å². The van der Waals surface area contributed by atoms with Gasteiger partial charge in [-0.05, 0) is 31.8 Å². The van der Waals surface area contributed by atoms with Crippen molar-refractivity contribution in [3.63, 3.8) is 0 Å². The maximum Gasteiger partial charge on any atom is 0.157 e. The molecule has 102 valence electrons. The van der Waals surface area contributed by atoms with Crippen LogP contribution in [0, 0.1) is 6.92 Å². The second-order valence-corrected chi connectivity index (χ2v) is 5.12. The van der Waals surface area contributed by atoms with Gasteiger partial charge in [-0.2, -0.15) is 0 Å². The molecule has 0 N–H and O–H groups in total. The third kappa shape index (κ3) is 3.66. The second-order valence-electron chi connectivity index (χ2n) is 5.12. The molecule has 1 aliphatic rings. The SMILES string of the molecule is CCCCN(C)c1cc(C)nc(C2=CC=CCC2)n1. The number of rotatable bonds is 5. The number of aryl methyl sites for hydroxylation is 1. The van der Waals surface area contributed by atoms with Gasteiger partial charge in [-0.3, -0.25) is 0 Å². The normalized spacial score (nSPS) is 14.4. The van der Waals surface area contributed by atoms with Crippen LogP contribution in [0.1, 0.15) is 44.1 Å². The lowest BCUT2D eigenvalue weighted by Gasteiger charge is -2.19. The highest BCUT2D eigenvalue weighted by atomic mass is 15.2. The summed E-state index contributed by atoms with van der Waals surface area (Å²) in [4.78, 5) is 11.5. The molecule has 0 amide bonds. The molecule has 0 aromatic carbocycles. The first kappa shape index (κ1) is 13.8. The van der Waals surface area contributed by atoms with E-state index in [9.17, 15) is 0 Å². The van der Waals surface area contributed by atoms with Crippen LogP contribution >= 0.6 is 0 Å². The van der Waals surface area contributed by atoms with Crippen molar-refractivity contribution < 1.29 is 0 Å². The second kappa shape index (κ2) is 6.50. The molecule has 1 aliphatic carbocycles. The van der Waals surface area contributed by atoms with Crippen LogP contribution in [-0.4, -0.2) is 23.6 Å². The van der Waals surface area contributed by atoms with Gasteiger partial charge in [0, 0.05) is 25.4 Å². The fourth-order valence-electron chi connectivity index (χ4n) is 2.19. The first-order valence-electron chi connectivity index (χ1n) is 7.13. The highest BCUT2D eigenvalue weighted by molar-refractivity contribution is 5.64. The van der Waals surface area contributed by atoms with Gasteiger partial charge in [0.1, 0.15) is 5.82 Å². The Morgan fingerprint density at radius 3 is 2.84 bits per heavy atom. The number of hydrogen-bond acceptors (Lipinski definition) is 3. The van der Waals surface area contributed by atoms with Crippen molar-refractivity contribution in [3.05, 3.63) is 35.8 Å². The van der Waals surface area contributed by atoms with E-state index in [2.05, 4.69) is 48.1 Å². The van der Waals surface area contributed by atoms with Gasteiger partial charge in [-0.1, -0.05) is 31.6 Å². The molecule has 1 heterocycles. The molecule has 0 bridgehead atoms. The van der Waals surface area contributed by atoms with Crippen molar-refractivity contribution >= 4 is 11.4 Å². The third-order valence-corrected chi connectivity index (χ3v) is 3.38. The number of unbranched alkanes of at least 4 members (excludes halogenated alkanes) is 1. The Balaban J connectivity index is 2.24. The quantitative estimate of drug-likeness (QED) is 0.804. The molecule has 3 heteroatoms. The van der Waals surface area contributed by atoms with Crippen molar-refractivity contribution in [1.29, 1.82) is 0 Å². The van der Waals surface area contributed by atoms with E-state index in [4.69, 9.17) is 4.98 Å². The summed E-state index contributed by atoms with van der Waals surface area (Å²) in [5, 5.41) is 0. The Hall–Kier alpha value is -1.64. The van der Waals surface area contributed by atoms with Gasteiger partial charge < -0.3 is 4.90 Å². The molecule has 0 spiro atoms. The Morgan fingerprint density at radius 2 is 2.16 bits per heavy atom. The van der Waals surface area contributed by atoms with Crippen LogP contribution in [-0.2, 0) is 0 Å². The molecule has 0 unspecified atom stereocenters. The molecule has 1 aromatic heterocycles. The minimum Gasteiger partial charge on any atom is -0.360 e. The summed E-state index contributed by atoms with van der Waals surface area (Å²) in [7, 11) is 2.11. The van der Waals surface area contributed by atoms with Crippen LogP contribution in [0.2, 0.25) is 0 Å². The van der Waals surface area contributed by atoms with Gasteiger partial charge in [0.25, 0.3) is 0 Å². The van der Waals surface area contributed by atoms with Crippen LogP contribution < -0.4 is 4.90 Å². The number of hydrogen-bond donors (Lipinski definition) is 0. The van der Waals surface area contributed by atoms with Gasteiger partial charge in [-0.25, -0.2) is 9.97 Å². The Morgan fingerprint density at radius 1 is 1.32 bits per heavy atom. The fourth-order valence-corrected chi connectivity index (χ4v) is 2.19. The molecule has 0 fully saturated rings. The molecule has 0 saturated carbocycles. The maximum absolute atomic E-state index is 4.72. The van der Waals surface area contributed by atoms with Crippen molar-refractivity contribution in [1.82, 2.24) is 9.97 Å². The standard InChI is InChI=1S/C16H23N3/c1-4-5-11-19(3)15-12-13(2)17-16(18-15)14-9-7-6-8-10-14/h6-7,9,12H,4-5,8,10-11H2,1-3H3. The average molecular weight is 257 g/mol. The summed E-state index contributed by atoms with van der Waals surface area (Å²) in [6.45, 7) is 5.30. The minimum absolute atomic E-state index is 0.891. The monoisotopic (exact) mass is 257 g/mol. The third-order valence-electron chi connectivity index (χ3n) is 3.38. The first-order valence-corrected chi connectivity index (χ1v) is 7.13. The zero-order chi connectivity index (χ0) is 13.7. The fraction of sp³-hybridized carbons (Fsp3) is 0.500. The van der Waals surface area contributed by atoms with Crippen LogP contribution in [0.4, 0.5) is 5.82 Å². The van der Waals surface area contributed by atoms with E-state index in [1.54, 1.807) is 0 Å². The van der Waals surface area contributed by atoms with E-state index in [-0.39, 0.29) is 0 Å². The lowest BCUT2D eigenvalue weighted by molar-refractivity contribution is 0.756. The maximum atomic E-state index is 4.72. The van der Waals surface area contributed by atoms with Crippen LogP contribution in [0.25, 0.3) is 5.57 Å². The van der Waals surface area contributed by atoms with Gasteiger partial charge in [0.15, 0.2) is 5.82 Å². The van der Waals surface area contributed by atoms with Gasteiger partial charge in [0.05, 0.1) is 0 Å². The highest BCUT2D eigenvalue weighted by Gasteiger charge is 2.10. The Kier molecular flexibility index (Phi) is 4.72. The van der Waals surface area contributed by atoms with E-state index < -0.39 is 0 Å². The lowest BCUT2D eigenvalue weighted by atomic mass is 10.0. The largest absolute Gasteiger partial charge is 0.360 e. The zero-order valence-corrected chi connectivity index (χ0v) is 12.2. The van der Waals surface area contributed by atoms with Crippen molar-refractivity contribution in [2.45, 2.75) is 39.5 Å². The summed E-state index contributed by atoms with van der Waals surface area (Å²) in [5.41, 5.74) is 2.29. The predicted octanol–water partition coefficient (Wildman–Crippen LogP) is 3.75. The summed E-state index contributed by atoms with van der Waals surface area (Å²) in [6, 6.07) is 2.07. The Bertz CT molecular complexity index is 489. The van der Waals surface area contributed by atoms with E-state index in [0.29, 0.717) is 0 Å². The first-order chi connectivity index (χ1) is 9.20. The molecular formula is C16H23N3. The van der Waals surface area contributed by atoms with Crippen molar-refractivity contribution in [3.8, 4) is 0 Å². The molecule has 2 rings (SSSR count). The van der Waals surface area contributed by atoms with Crippen LogP contribution in [0.15, 0.2) is 24.3 Å². The lowest BCUT2D eigenvalue weighted by Crippen LogP contribution is -2.20. The van der Waals surface area contributed by atoms with Crippen molar-refractivity contribution in [2.75, 3.05) is 18.5 Å². The van der Waals surface area contributed by atoms with Crippen LogP contribution in [0.5, 0.6) is 0 Å². The number of anilines is 1. The van der Waals surface area contributed by atoms with E-state index >= 15 is 0 Å². The molecule has 3 nitrogen and oxygen atoms in total. The molecule has 0 aliphatic heterocycles. The topological polar surface area (TPSA) is 29.0 Å². The average Bonchev–Trinajstić information content (AvgIpc) is 2.45. The molecule has 0 atom stereocenters. The van der Waals surface area contributed by atoms with E-state index in [0.717, 1.165) is 36.7 Å². The molecule has 1 aromatic rings.